The molecule has 0 fully saturated rings. The summed E-state index contributed by atoms with van der Waals surface area (Å²) in [7, 11) is -2.65. The smallest absolute Gasteiger partial charge is 0.321 e. The molecule has 0 aliphatic rings. The molecule has 1 atom stereocenters. The van der Waals surface area contributed by atoms with Crippen LogP contribution in [-0.2, 0) is 24.3 Å². The summed E-state index contributed by atoms with van der Waals surface area (Å²) in [5, 5.41) is 12.0. The van der Waals surface area contributed by atoms with E-state index in [0.717, 1.165) is 9.69 Å². The average molecular weight is 416 g/mol. The molecule has 2 aromatic rings. The van der Waals surface area contributed by atoms with Gasteiger partial charge in [-0.15, -0.1) is 0 Å². The zero-order valence-corrected chi connectivity index (χ0v) is 16.7. The Balaban J connectivity index is 2.38. The van der Waals surface area contributed by atoms with Crippen LogP contribution in [0.1, 0.15) is 6.92 Å². The monoisotopic (exact) mass is 415 g/mol. The molecule has 0 amide bonds. The lowest BCUT2D eigenvalue weighted by Crippen LogP contribution is -2.42. The van der Waals surface area contributed by atoms with E-state index in [0.29, 0.717) is 10.4 Å². The van der Waals surface area contributed by atoms with Gasteiger partial charge in [0, 0.05) is 18.7 Å². The summed E-state index contributed by atoms with van der Waals surface area (Å²) in [5.74, 6) is -0.696. The molecule has 9 heteroatoms. The number of nitrogens with zero attached hydrogens (tertiary/aromatic N) is 1. The number of aliphatic hydroxyl groups is 1. The van der Waals surface area contributed by atoms with Gasteiger partial charge in [0.15, 0.2) is 0 Å². The van der Waals surface area contributed by atoms with Crippen molar-refractivity contribution >= 4 is 38.4 Å². The molecule has 0 aromatic heterocycles. The Morgan fingerprint density at radius 3 is 2.56 bits per heavy atom. The Morgan fingerprint density at radius 2 is 1.89 bits per heavy atom. The van der Waals surface area contributed by atoms with Gasteiger partial charge >= 0.3 is 5.97 Å². The number of carbonyl (C=O) groups is 1. The van der Waals surface area contributed by atoms with Gasteiger partial charge in [-0.1, -0.05) is 23.7 Å². The molecule has 1 unspecified atom stereocenters. The molecule has 0 heterocycles. The van der Waals surface area contributed by atoms with Gasteiger partial charge in [-0.2, -0.15) is 4.31 Å². The number of hydrogen-bond donors (Lipinski definition) is 1. The van der Waals surface area contributed by atoms with E-state index < -0.39 is 28.6 Å². The van der Waals surface area contributed by atoms with E-state index in [9.17, 15) is 18.3 Å². The minimum atomic E-state index is -4.05. The SMILES string of the molecule is CCOC(=O)CN(CC(O)COC)S(=O)(=O)c1ccc2cc(Cl)ccc2c1. The predicted molar refractivity (Wildman–Crippen MR) is 102 cm³/mol. The summed E-state index contributed by atoms with van der Waals surface area (Å²) in [5.41, 5.74) is 0. The molecular weight excluding hydrogens is 394 g/mol. The fourth-order valence-corrected chi connectivity index (χ4v) is 4.22. The first-order valence-electron chi connectivity index (χ1n) is 8.30. The molecule has 7 nitrogen and oxygen atoms in total. The molecule has 0 bridgehead atoms. The number of aliphatic hydroxyl groups excluding tert-OH is 1. The number of esters is 1. The largest absolute Gasteiger partial charge is 0.465 e. The number of benzene rings is 2. The highest BCUT2D eigenvalue weighted by Gasteiger charge is 2.29. The predicted octanol–water partition coefficient (Wildman–Crippen LogP) is 2.05. The molecule has 0 aliphatic heterocycles. The quantitative estimate of drug-likeness (QED) is 0.630. The Labute approximate surface area is 163 Å². The van der Waals surface area contributed by atoms with Crippen molar-refractivity contribution in [2.24, 2.45) is 0 Å². The van der Waals surface area contributed by atoms with Crippen LogP contribution in [0.25, 0.3) is 10.8 Å². The summed E-state index contributed by atoms with van der Waals surface area (Å²) in [6.45, 7) is 0.892. The molecule has 0 saturated heterocycles. The summed E-state index contributed by atoms with van der Waals surface area (Å²) in [6.07, 6.45) is -1.08. The average Bonchev–Trinajstić information content (AvgIpc) is 2.61. The van der Waals surface area contributed by atoms with E-state index in [-0.39, 0.29) is 24.7 Å². The van der Waals surface area contributed by atoms with Crippen molar-refractivity contribution in [1.82, 2.24) is 4.31 Å². The number of ether oxygens (including phenoxy) is 2. The highest BCUT2D eigenvalue weighted by atomic mass is 35.5. The number of hydrogen-bond acceptors (Lipinski definition) is 6. The van der Waals surface area contributed by atoms with Crippen molar-refractivity contribution in [1.29, 1.82) is 0 Å². The van der Waals surface area contributed by atoms with Crippen molar-refractivity contribution in [3.8, 4) is 0 Å². The normalized spacial score (nSPS) is 13.1. The van der Waals surface area contributed by atoms with Gasteiger partial charge in [-0.05, 0) is 42.0 Å². The van der Waals surface area contributed by atoms with Crippen LogP contribution >= 0.6 is 11.6 Å². The highest BCUT2D eigenvalue weighted by Crippen LogP contribution is 2.24. The number of rotatable bonds is 9. The van der Waals surface area contributed by atoms with Crippen molar-refractivity contribution in [2.45, 2.75) is 17.9 Å². The van der Waals surface area contributed by atoms with E-state index in [2.05, 4.69) is 0 Å². The van der Waals surface area contributed by atoms with E-state index >= 15 is 0 Å². The molecule has 2 rings (SSSR count). The fourth-order valence-electron chi connectivity index (χ4n) is 2.58. The molecule has 0 radical (unpaired) electrons. The zero-order chi connectivity index (χ0) is 20.0. The third-order valence-electron chi connectivity index (χ3n) is 3.80. The van der Waals surface area contributed by atoms with Crippen LogP contribution in [0.3, 0.4) is 0 Å². The van der Waals surface area contributed by atoms with Crippen molar-refractivity contribution < 1.29 is 27.8 Å². The fraction of sp³-hybridized carbons (Fsp3) is 0.389. The number of methoxy groups -OCH3 is 1. The summed E-state index contributed by atoms with van der Waals surface area (Å²) in [6, 6.07) is 9.69. The lowest BCUT2D eigenvalue weighted by atomic mass is 10.1. The second-order valence-electron chi connectivity index (χ2n) is 5.87. The van der Waals surface area contributed by atoms with Gasteiger partial charge in [0.05, 0.1) is 24.2 Å². The van der Waals surface area contributed by atoms with Gasteiger partial charge in [-0.3, -0.25) is 4.79 Å². The van der Waals surface area contributed by atoms with Crippen LogP contribution in [0.15, 0.2) is 41.3 Å². The van der Waals surface area contributed by atoms with Gasteiger partial charge in [-0.25, -0.2) is 8.42 Å². The molecule has 148 valence electrons. The first kappa shape index (κ1) is 21.6. The third kappa shape index (κ3) is 5.63. The maximum Gasteiger partial charge on any atom is 0.321 e. The van der Waals surface area contributed by atoms with Crippen LogP contribution in [-0.4, -0.2) is 63.3 Å². The molecule has 2 aromatic carbocycles. The Hall–Kier alpha value is -1.71. The minimum Gasteiger partial charge on any atom is -0.465 e. The summed E-state index contributed by atoms with van der Waals surface area (Å²) in [4.78, 5) is 11.9. The van der Waals surface area contributed by atoms with Crippen molar-refractivity contribution in [3.63, 3.8) is 0 Å². The van der Waals surface area contributed by atoms with Crippen LogP contribution in [0.5, 0.6) is 0 Å². The Bertz CT molecular complexity index is 902. The Morgan fingerprint density at radius 1 is 1.22 bits per heavy atom. The highest BCUT2D eigenvalue weighted by molar-refractivity contribution is 7.89. The third-order valence-corrected chi connectivity index (χ3v) is 5.84. The van der Waals surface area contributed by atoms with Gasteiger partial charge in [0.25, 0.3) is 0 Å². The first-order valence-corrected chi connectivity index (χ1v) is 10.1. The standard InChI is InChI=1S/C18H22ClNO6S/c1-3-26-18(22)11-20(10-16(21)12-25-2)27(23,24)17-7-5-13-8-15(19)6-4-14(13)9-17/h4-9,16,21H,3,10-12H2,1-2H3. The Kier molecular flexibility index (Phi) is 7.58. The van der Waals surface area contributed by atoms with Crippen molar-refractivity contribution in [3.05, 3.63) is 41.4 Å². The molecule has 0 aliphatic carbocycles. The van der Waals surface area contributed by atoms with Gasteiger partial charge in [0.1, 0.15) is 6.54 Å². The van der Waals surface area contributed by atoms with Gasteiger partial charge in [0.2, 0.25) is 10.0 Å². The second kappa shape index (κ2) is 9.48. The maximum atomic E-state index is 13.1. The number of carbonyl (C=O) groups excluding carboxylic acids is 1. The lowest BCUT2D eigenvalue weighted by Gasteiger charge is -2.24. The lowest BCUT2D eigenvalue weighted by molar-refractivity contribution is -0.143. The van der Waals surface area contributed by atoms with Crippen molar-refractivity contribution in [2.75, 3.05) is 33.4 Å². The summed E-state index contributed by atoms with van der Waals surface area (Å²) < 4.78 is 36.7. The molecule has 0 saturated carbocycles. The van der Waals surface area contributed by atoms with Gasteiger partial charge < -0.3 is 14.6 Å². The van der Waals surface area contributed by atoms with Crippen LogP contribution in [0.4, 0.5) is 0 Å². The van der Waals surface area contributed by atoms with Crippen LogP contribution in [0, 0.1) is 0 Å². The maximum absolute atomic E-state index is 13.1. The molecular formula is C18H22ClNO6S. The van der Waals surface area contributed by atoms with E-state index in [4.69, 9.17) is 21.1 Å². The first-order chi connectivity index (χ1) is 12.8. The van der Waals surface area contributed by atoms with Crippen LogP contribution in [0.2, 0.25) is 5.02 Å². The topological polar surface area (TPSA) is 93.1 Å². The second-order valence-corrected chi connectivity index (χ2v) is 8.24. The van der Waals surface area contributed by atoms with E-state index in [1.807, 2.05) is 0 Å². The van der Waals surface area contributed by atoms with Crippen LogP contribution < -0.4 is 0 Å². The molecule has 27 heavy (non-hydrogen) atoms. The molecule has 1 N–H and O–H groups in total. The number of fused-ring (bicyclic) bond motifs is 1. The summed E-state index contributed by atoms with van der Waals surface area (Å²) >= 11 is 5.96. The molecule has 0 spiro atoms. The zero-order valence-electron chi connectivity index (χ0n) is 15.1. The minimum absolute atomic E-state index is 0.00578. The van der Waals surface area contributed by atoms with E-state index in [1.54, 1.807) is 31.2 Å². The van der Waals surface area contributed by atoms with E-state index in [1.165, 1.54) is 19.2 Å². The number of halogens is 1. The number of sulfonamides is 1.